The van der Waals surface area contributed by atoms with E-state index in [-0.39, 0.29) is 23.1 Å². The van der Waals surface area contributed by atoms with E-state index in [4.69, 9.17) is 5.73 Å². The highest BCUT2D eigenvalue weighted by Crippen LogP contribution is 2.26. The van der Waals surface area contributed by atoms with Gasteiger partial charge in [0.1, 0.15) is 11.6 Å². The van der Waals surface area contributed by atoms with Gasteiger partial charge < -0.3 is 10.6 Å². The van der Waals surface area contributed by atoms with Gasteiger partial charge in [0, 0.05) is 18.9 Å². The molecule has 1 aromatic carbocycles. The molecule has 1 atom stereocenters. The number of benzene rings is 1. The number of likely N-dealkylation sites (tertiary alicyclic amines) is 1. The second kappa shape index (κ2) is 7.22. The van der Waals surface area contributed by atoms with E-state index in [0.29, 0.717) is 24.2 Å². The highest BCUT2D eigenvalue weighted by atomic mass is 19.1. The molecule has 3 aromatic rings. The molecule has 0 saturated carbocycles. The summed E-state index contributed by atoms with van der Waals surface area (Å²) in [5, 5.41) is 4.14. The lowest BCUT2D eigenvalue weighted by molar-refractivity contribution is 0.0671. The highest BCUT2D eigenvalue weighted by Gasteiger charge is 2.36. The minimum Gasteiger partial charge on any atom is -0.383 e. The molecule has 0 bridgehead atoms. The Kier molecular flexibility index (Phi) is 4.60. The molecule has 1 fully saturated rings. The van der Waals surface area contributed by atoms with Crippen LogP contribution in [0.4, 0.5) is 10.2 Å². The van der Waals surface area contributed by atoms with Crippen molar-refractivity contribution in [3.63, 3.8) is 0 Å². The summed E-state index contributed by atoms with van der Waals surface area (Å²) in [6, 6.07) is 8.53. The Balaban J connectivity index is 1.62. The second-order valence-corrected chi connectivity index (χ2v) is 6.60. The number of nitrogen functional groups attached to an aromatic ring is 1. The Morgan fingerprint density at radius 2 is 2.04 bits per heavy atom. The first-order valence-electron chi connectivity index (χ1n) is 8.91. The number of Topliss-reactive ketones (excluding diaryl/α,β-unsaturated/α-hetero) is 1. The van der Waals surface area contributed by atoms with Crippen molar-refractivity contribution in [2.45, 2.75) is 18.9 Å². The standard InChI is InChI=1S/C20H18FN5O2/c21-14-5-1-6-15(10-14)26-19(22)16(12-24-26)18(27)17-7-3-9-25(17)20(28)13-4-2-8-23-11-13/h1-2,4-6,8,10-12,17H,3,7,9,22H2/t17-/m1/s1. The lowest BCUT2D eigenvalue weighted by Gasteiger charge is -2.23. The molecule has 0 unspecified atom stereocenters. The van der Waals surface area contributed by atoms with Crippen LogP contribution in [0.3, 0.4) is 0 Å². The first-order chi connectivity index (χ1) is 13.6. The summed E-state index contributed by atoms with van der Waals surface area (Å²) in [5.74, 6) is -0.810. The molecule has 8 heteroatoms. The Morgan fingerprint density at radius 3 is 2.79 bits per heavy atom. The van der Waals surface area contributed by atoms with Crippen molar-refractivity contribution in [3.05, 3.63) is 71.9 Å². The summed E-state index contributed by atoms with van der Waals surface area (Å²) in [4.78, 5) is 31.4. The number of halogens is 1. The first kappa shape index (κ1) is 17.8. The number of carbonyl (C=O) groups is 2. The van der Waals surface area contributed by atoms with E-state index in [1.165, 1.54) is 29.2 Å². The van der Waals surface area contributed by atoms with E-state index < -0.39 is 11.9 Å². The van der Waals surface area contributed by atoms with Crippen molar-refractivity contribution in [1.82, 2.24) is 19.7 Å². The second-order valence-electron chi connectivity index (χ2n) is 6.60. The molecular weight excluding hydrogens is 361 g/mol. The van der Waals surface area contributed by atoms with E-state index in [1.54, 1.807) is 35.4 Å². The molecule has 28 heavy (non-hydrogen) atoms. The van der Waals surface area contributed by atoms with Crippen LogP contribution in [0, 0.1) is 5.82 Å². The normalized spacial score (nSPS) is 16.3. The van der Waals surface area contributed by atoms with Gasteiger partial charge in [0.15, 0.2) is 5.78 Å². The molecule has 3 heterocycles. The maximum Gasteiger partial charge on any atom is 0.256 e. The molecule has 1 amide bonds. The van der Waals surface area contributed by atoms with Gasteiger partial charge in [0.05, 0.1) is 29.1 Å². The number of aromatic nitrogens is 3. The van der Waals surface area contributed by atoms with Crippen molar-refractivity contribution < 1.29 is 14.0 Å². The van der Waals surface area contributed by atoms with Gasteiger partial charge in [0.2, 0.25) is 0 Å². The number of nitrogens with zero attached hydrogens (tertiary/aromatic N) is 4. The summed E-state index contributed by atoms with van der Waals surface area (Å²) in [6.45, 7) is 0.488. The zero-order chi connectivity index (χ0) is 19.7. The Hall–Kier alpha value is -3.55. The predicted molar refractivity (Wildman–Crippen MR) is 101 cm³/mol. The van der Waals surface area contributed by atoms with Crippen LogP contribution in [0.1, 0.15) is 33.6 Å². The molecule has 4 rings (SSSR count). The third kappa shape index (κ3) is 3.13. The lowest BCUT2D eigenvalue weighted by atomic mass is 10.0. The van der Waals surface area contributed by atoms with Gasteiger partial charge in [-0.05, 0) is 43.2 Å². The first-order valence-corrected chi connectivity index (χ1v) is 8.91. The SMILES string of the molecule is Nc1c(C(=O)[C@H]2CCCN2C(=O)c2cccnc2)cnn1-c1cccc(F)c1. The third-order valence-corrected chi connectivity index (χ3v) is 4.85. The van der Waals surface area contributed by atoms with Crippen molar-refractivity contribution in [1.29, 1.82) is 0 Å². The smallest absolute Gasteiger partial charge is 0.256 e. The van der Waals surface area contributed by atoms with Crippen molar-refractivity contribution >= 4 is 17.5 Å². The number of hydrogen-bond donors (Lipinski definition) is 1. The molecule has 142 valence electrons. The lowest BCUT2D eigenvalue weighted by Crippen LogP contribution is -2.40. The fourth-order valence-electron chi connectivity index (χ4n) is 3.48. The average molecular weight is 379 g/mol. The molecule has 1 saturated heterocycles. The van der Waals surface area contributed by atoms with Gasteiger partial charge in [-0.1, -0.05) is 6.07 Å². The zero-order valence-electron chi connectivity index (χ0n) is 15.0. The molecule has 0 spiro atoms. The fraction of sp³-hybridized carbons (Fsp3) is 0.200. The molecule has 1 aliphatic heterocycles. The quantitative estimate of drug-likeness (QED) is 0.703. The molecule has 0 radical (unpaired) electrons. The van der Waals surface area contributed by atoms with Crippen LogP contribution in [-0.2, 0) is 0 Å². The van der Waals surface area contributed by atoms with E-state index in [1.807, 2.05) is 0 Å². The van der Waals surface area contributed by atoms with Crippen LogP contribution in [0.2, 0.25) is 0 Å². The number of anilines is 1. The van der Waals surface area contributed by atoms with E-state index in [2.05, 4.69) is 10.1 Å². The van der Waals surface area contributed by atoms with Gasteiger partial charge >= 0.3 is 0 Å². The maximum atomic E-state index is 13.5. The minimum atomic E-state index is -0.611. The summed E-state index contributed by atoms with van der Waals surface area (Å²) in [6.07, 6.45) is 5.72. The van der Waals surface area contributed by atoms with Crippen LogP contribution < -0.4 is 5.73 Å². The van der Waals surface area contributed by atoms with E-state index >= 15 is 0 Å². The number of nitrogens with two attached hydrogens (primary N) is 1. The number of hydrogen-bond acceptors (Lipinski definition) is 5. The van der Waals surface area contributed by atoms with Gasteiger partial charge in [-0.15, -0.1) is 0 Å². The summed E-state index contributed by atoms with van der Waals surface area (Å²) in [7, 11) is 0. The van der Waals surface area contributed by atoms with Crippen LogP contribution in [0.15, 0.2) is 55.0 Å². The summed E-state index contributed by atoms with van der Waals surface area (Å²) in [5.41, 5.74) is 7.21. The Morgan fingerprint density at radius 1 is 1.18 bits per heavy atom. The van der Waals surface area contributed by atoms with Gasteiger partial charge in [0.25, 0.3) is 5.91 Å². The van der Waals surface area contributed by atoms with Crippen molar-refractivity contribution in [2.75, 3.05) is 12.3 Å². The molecule has 0 aliphatic carbocycles. The average Bonchev–Trinajstić information content (AvgIpc) is 3.34. The van der Waals surface area contributed by atoms with Crippen LogP contribution >= 0.6 is 0 Å². The fourth-order valence-corrected chi connectivity index (χ4v) is 3.48. The highest BCUT2D eigenvalue weighted by molar-refractivity contribution is 6.07. The van der Waals surface area contributed by atoms with Gasteiger partial charge in [-0.2, -0.15) is 5.10 Å². The topological polar surface area (TPSA) is 94.1 Å². The largest absolute Gasteiger partial charge is 0.383 e. The third-order valence-electron chi connectivity index (χ3n) is 4.85. The number of amides is 1. The van der Waals surface area contributed by atoms with Crippen molar-refractivity contribution in [2.24, 2.45) is 0 Å². The predicted octanol–water partition coefficient (Wildman–Crippen LogP) is 2.48. The summed E-state index contributed by atoms with van der Waals surface area (Å²) < 4.78 is 14.8. The number of rotatable bonds is 4. The Bertz CT molecular complexity index is 1030. The minimum absolute atomic E-state index is 0.122. The molecule has 2 N–H and O–H groups in total. The number of ketones is 1. The van der Waals surface area contributed by atoms with Crippen LogP contribution in [0.5, 0.6) is 0 Å². The monoisotopic (exact) mass is 379 g/mol. The zero-order valence-corrected chi connectivity index (χ0v) is 15.0. The van der Waals surface area contributed by atoms with E-state index in [0.717, 1.165) is 6.42 Å². The van der Waals surface area contributed by atoms with Crippen LogP contribution in [0.25, 0.3) is 5.69 Å². The van der Waals surface area contributed by atoms with E-state index in [9.17, 15) is 14.0 Å². The van der Waals surface area contributed by atoms with Gasteiger partial charge in [-0.25, -0.2) is 9.07 Å². The molecule has 7 nitrogen and oxygen atoms in total. The summed E-state index contributed by atoms with van der Waals surface area (Å²) >= 11 is 0. The Labute approximate surface area is 160 Å². The number of carbonyl (C=O) groups excluding carboxylic acids is 2. The van der Waals surface area contributed by atoms with Crippen molar-refractivity contribution in [3.8, 4) is 5.69 Å². The number of pyridine rings is 1. The molecular formula is C20H18FN5O2. The van der Waals surface area contributed by atoms with Crippen LogP contribution in [-0.4, -0.2) is 43.9 Å². The van der Waals surface area contributed by atoms with Gasteiger partial charge in [-0.3, -0.25) is 14.6 Å². The molecule has 2 aromatic heterocycles. The molecule has 1 aliphatic rings. The maximum absolute atomic E-state index is 13.5.